The van der Waals surface area contributed by atoms with Crippen molar-refractivity contribution in [3.8, 4) is 0 Å². The van der Waals surface area contributed by atoms with E-state index in [1.807, 2.05) is 0 Å². The number of rotatable bonds is 9. The van der Waals surface area contributed by atoms with Crippen molar-refractivity contribution in [1.82, 2.24) is 10.0 Å². The van der Waals surface area contributed by atoms with Gasteiger partial charge in [0.25, 0.3) is 0 Å². The Labute approximate surface area is 117 Å². The lowest BCUT2D eigenvalue weighted by Crippen LogP contribution is -2.35. The van der Waals surface area contributed by atoms with Crippen LogP contribution in [0.25, 0.3) is 0 Å². The standard InChI is InChI=1S/C11H24N2O3S.ClH/c1-16-9-8-12-6-7-13-17(14,15)10-11-4-2-3-5-11;/h11-13H,2-10H2,1H3;1H. The normalized spacial score (nSPS) is 16.7. The molecular weight excluding hydrogens is 276 g/mol. The Bertz CT molecular complexity index is 293. The molecule has 0 atom stereocenters. The zero-order valence-electron chi connectivity index (χ0n) is 11.0. The molecule has 1 saturated carbocycles. The molecule has 0 amide bonds. The van der Waals surface area contributed by atoms with Gasteiger partial charge in [-0.2, -0.15) is 0 Å². The van der Waals surface area contributed by atoms with E-state index in [1.54, 1.807) is 7.11 Å². The second-order valence-corrected chi connectivity index (χ2v) is 6.42. The van der Waals surface area contributed by atoms with Crippen LogP contribution in [0, 0.1) is 5.92 Å². The van der Waals surface area contributed by atoms with Crippen LogP contribution in [0.5, 0.6) is 0 Å². The second kappa shape index (κ2) is 9.97. The first-order valence-electron chi connectivity index (χ1n) is 6.31. The maximum Gasteiger partial charge on any atom is 0.211 e. The van der Waals surface area contributed by atoms with Crippen molar-refractivity contribution in [2.45, 2.75) is 25.7 Å². The lowest BCUT2D eigenvalue weighted by molar-refractivity contribution is 0.199. The Hall–Kier alpha value is 0.120. The Morgan fingerprint density at radius 1 is 1.17 bits per heavy atom. The Morgan fingerprint density at radius 2 is 1.83 bits per heavy atom. The van der Waals surface area contributed by atoms with Gasteiger partial charge in [-0.3, -0.25) is 0 Å². The minimum Gasteiger partial charge on any atom is -0.383 e. The molecule has 0 aromatic rings. The summed E-state index contributed by atoms with van der Waals surface area (Å²) >= 11 is 0. The van der Waals surface area contributed by atoms with Gasteiger partial charge in [0.05, 0.1) is 12.4 Å². The van der Waals surface area contributed by atoms with Gasteiger partial charge in [0.1, 0.15) is 0 Å². The summed E-state index contributed by atoms with van der Waals surface area (Å²) in [5.74, 6) is 0.666. The summed E-state index contributed by atoms with van der Waals surface area (Å²) in [6, 6.07) is 0. The number of hydrogen-bond donors (Lipinski definition) is 2. The van der Waals surface area contributed by atoms with Gasteiger partial charge in [-0.05, 0) is 18.8 Å². The molecule has 7 heteroatoms. The van der Waals surface area contributed by atoms with Crippen LogP contribution in [0.3, 0.4) is 0 Å². The first-order valence-corrected chi connectivity index (χ1v) is 7.96. The molecule has 5 nitrogen and oxygen atoms in total. The summed E-state index contributed by atoms with van der Waals surface area (Å²) < 4.78 is 30.9. The van der Waals surface area contributed by atoms with Gasteiger partial charge in [0.15, 0.2) is 0 Å². The molecule has 0 radical (unpaired) electrons. The minimum absolute atomic E-state index is 0. The highest BCUT2D eigenvalue weighted by Gasteiger charge is 2.21. The monoisotopic (exact) mass is 300 g/mol. The predicted molar refractivity (Wildman–Crippen MR) is 75.7 cm³/mol. The number of sulfonamides is 1. The fourth-order valence-electron chi connectivity index (χ4n) is 2.14. The number of methoxy groups -OCH3 is 1. The summed E-state index contributed by atoms with van der Waals surface area (Å²) in [7, 11) is -1.43. The zero-order valence-corrected chi connectivity index (χ0v) is 12.6. The minimum atomic E-state index is -3.08. The van der Waals surface area contributed by atoms with Crippen LogP contribution in [0.2, 0.25) is 0 Å². The Morgan fingerprint density at radius 3 is 2.44 bits per heavy atom. The van der Waals surface area contributed by atoms with E-state index in [2.05, 4.69) is 10.0 Å². The largest absolute Gasteiger partial charge is 0.383 e. The molecule has 0 saturated heterocycles. The molecule has 0 aromatic carbocycles. The summed E-state index contributed by atoms with van der Waals surface area (Å²) in [6.45, 7) is 2.50. The Balaban J connectivity index is 0.00000289. The lowest BCUT2D eigenvalue weighted by atomic mass is 10.1. The third-order valence-corrected chi connectivity index (χ3v) is 4.59. The van der Waals surface area contributed by atoms with Gasteiger partial charge < -0.3 is 10.1 Å². The highest BCUT2D eigenvalue weighted by molar-refractivity contribution is 7.89. The molecule has 0 bridgehead atoms. The molecule has 1 fully saturated rings. The molecule has 110 valence electrons. The fourth-order valence-corrected chi connectivity index (χ4v) is 3.63. The molecule has 0 aliphatic heterocycles. The Kier molecular flexibility index (Phi) is 10.0. The molecule has 1 aliphatic carbocycles. The van der Waals surface area contributed by atoms with Crippen LogP contribution < -0.4 is 10.0 Å². The third kappa shape index (κ3) is 8.26. The predicted octanol–water partition coefficient (Wildman–Crippen LogP) is 0.754. The summed E-state index contributed by atoms with van der Waals surface area (Å²) in [6.07, 6.45) is 4.48. The van der Waals surface area contributed by atoms with Crippen molar-refractivity contribution in [3.63, 3.8) is 0 Å². The van der Waals surface area contributed by atoms with Crippen molar-refractivity contribution in [3.05, 3.63) is 0 Å². The maximum atomic E-state index is 11.7. The molecule has 18 heavy (non-hydrogen) atoms. The van der Waals surface area contributed by atoms with Gasteiger partial charge in [0.2, 0.25) is 10.0 Å². The van der Waals surface area contributed by atoms with E-state index in [1.165, 1.54) is 12.8 Å². The lowest BCUT2D eigenvalue weighted by Gasteiger charge is -2.11. The van der Waals surface area contributed by atoms with Gasteiger partial charge in [-0.1, -0.05) is 12.8 Å². The van der Waals surface area contributed by atoms with E-state index in [4.69, 9.17) is 4.74 Å². The number of halogens is 1. The number of nitrogens with one attached hydrogen (secondary N) is 2. The van der Waals surface area contributed by atoms with E-state index in [0.717, 1.165) is 19.4 Å². The topological polar surface area (TPSA) is 67.4 Å². The van der Waals surface area contributed by atoms with Gasteiger partial charge in [-0.25, -0.2) is 13.1 Å². The van der Waals surface area contributed by atoms with Crippen molar-refractivity contribution in [2.24, 2.45) is 5.92 Å². The van der Waals surface area contributed by atoms with Crippen molar-refractivity contribution < 1.29 is 13.2 Å². The molecule has 1 rings (SSSR count). The van der Waals surface area contributed by atoms with Crippen molar-refractivity contribution in [2.75, 3.05) is 39.1 Å². The average Bonchev–Trinajstić information content (AvgIpc) is 2.75. The van der Waals surface area contributed by atoms with Crippen LogP contribution in [0.4, 0.5) is 0 Å². The van der Waals surface area contributed by atoms with Crippen LogP contribution in [-0.4, -0.2) is 47.5 Å². The van der Waals surface area contributed by atoms with E-state index >= 15 is 0 Å². The van der Waals surface area contributed by atoms with Crippen LogP contribution >= 0.6 is 12.4 Å². The van der Waals surface area contributed by atoms with E-state index < -0.39 is 10.0 Å². The first kappa shape index (κ1) is 18.1. The van der Waals surface area contributed by atoms with Gasteiger partial charge in [-0.15, -0.1) is 12.4 Å². The smallest absolute Gasteiger partial charge is 0.211 e. The van der Waals surface area contributed by atoms with Gasteiger partial charge >= 0.3 is 0 Å². The van der Waals surface area contributed by atoms with E-state index in [9.17, 15) is 8.42 Å². The van der Waals surface area contributed by atoms with Crippen LogP contribution in [-0.2, 0) is 14.8 Å². The highest BCUT2D eigenvalue weighted by Crippen LogP contribution is 2.25. The van der Waals surface area contributed by atoms with E-state index in [0.29, 0.717) is 31.4 Å². The van der Waals surface area contributed by atoms with Crippen LogP contribution in [0.1, 0.15) is 25.7 Å². The fraction of sp³-hybridized carbons (Fsp3) is 1.00. The molecule has 1 aliphatic rings. The van der Waals surface area contributed by atoms with E-state index in [-0.39, 0.29) is 12.4 Å². The average molecular weight is 301 g/mol. The quantitative estimate of drug-likeness (QED) is 0.617. The second-order valence-electron chi connectivity index (χ2n) is 4.57. The summed E-state index contributed by atoms with van der Waals surface area (Å²) in [5, 5.41) is 3.10. The molecule has 0 aromatic heterocycles. The summed E-state index contributed by atoms with van der Waals surface area (Å²) in [4.78, 5) is 0. The molecule has 0 heterocycles. The maximum absolute atomic E-state index is 11.7. The van der Waals surface area contributed by atoms with Crippen molar-refractivity contribution >= 4 is 22.4 Å². The number of ether oxygens (including phenoxy) is 1. The van der Waals surface area contributed by atoms with Crippen LogP contribution in [0.15, 0.2) is 0 Å². The molecule has 0 spiro atoms. The first-order chi connectivity index (χ1) is 8.14. The molecule has 2 N–H and O–H groups in total. The number of hydrogen-bond acceptors (Lipinski definition) is 4. The highest BCUT2D eigenvalue weighted by atomic mass is 35.5. The SMILES string of the molecule is COCCNCCNS(=O)(=O)CC1CCCC1.Cl. The van der Waals surface area contributed by atoms with Gasteiger partial charge in [0, 0.05) is 26.7 Å². The summed E-state index contributed by atoms with van der Waals surface area (Å²) in [5.41, 5.74) is 0. The van der Waals surface area contributed by atoms with Crippen molar-refractivity contribution in [1.29, 1.82) is 0 Å². The molecule has 0 unspecified atom stereocenters. The third-order valence-electron chi connectivity index (χ3n) is 3.04. The zero-order chi connectivity index (χ0) is 12.6. The molecular formula is C11H25ClN2O3S.